The molecule has 0 amide bonds. The summed E-state index contributed by atoms with van der Waals surface area (Å²) in [5.41, 5.74) is 7.99. The van der Waals surface area contributed by atoms with Gasteiger partial charge in [0.25, 0.3) is 0 Å². The van der Waals surface area contributed by atoms with Crippen LogP contribution in [0.15, 0.2) is 24.5 Å². The standard InChI is InChI=1S/C17H21N5O2/c18-15-16(20-10-21-17(15)22-6-2-1-3-7-22)19-9-12-4-5-13-14(8-12)24-11-23-13/h4-5,8,10H,1-3,6-7,9,11,18H2,(H,19,20,21). The molecule has 2 aliphatic rings. The molecule has 0 radical (unpaired) electrons. The third-order valence-electron chi connectivity index (χ3n) is 4.42. The first kappa shape index (κ1) is 14.9. The van der Waals surface area contributed by atoms with E-state index in [2.05, 4.69) is 20.2 Å². The van der Waals surface area contributed by atoms with Crippen LogP contribution in [0.5, 0.6) is 11.5 Å². The number of hydrogen-bond acceptors (Lipinski definition) is 7. The topological polar surface area (TPSA) is 85.5 Å². The van der Waals surface area contributed by atoms with Crippen LogP contribution in [0.3, 0.4) is 0 Å². The van der Waals surface area contributed by atoms with Crippen molar-refractivity contribution >= 4 is 17.3 Å². The van der Waals surface area contributed by atoms with Gasteiger partial charge in [0.15, 0.2) is 23.1 Å². The molecule has 0 unspecified atom stereocenters. The van der Waals surface area contributed by atoms with Crippen LogP contribution in [0.4, 0.5) is 17.3 Å². The molecule has 0 saturated carbocycles. The number of benzene rings is 1. The minimum atomic E-state index is 0.282. The van der Waals surface area contributed by atoms with Crippen LogP contribution in [0.25, 0.3) is 0 Å². The summed E-state index contributed by atoms with van der Waals surface area (Å²) in [6, 6.07) is 5.89. The lowest BCUT2D eigenvalue weighted by molar-refractivity contribution is 0.174. The number of nitrogens with one attached hydrogen (secondary N) is 1. The zero-order chi connectivity index (χ0) is 16.4. The number of rotatable bonds is 4. The van der Waals surface area contributed by atoms with Gasteiger partial charge in [-0.25, -0.2) is 9.97 Å². The van der Waals surface area contributed by atoms with Crippen molar-refractivity contribution in [1.29, 1.82) is 0 Å². The molecule has 0 spiro atoms. The Morgan fingerprint density at radius 1 is 1.08 bits per heavy atom. The van der Waals surface area contributed by atoms with Crippen LogP contribution >= 0.6 is 0 Å². The minimum Gasteiger partial charge on any atom is -0.454 e. The molecule has 0 atom stereocenters. The summed E-state index contributed by atoms with van der Waals surface area (Å²) in [6.45, 7) is 2.90. The van der Waals surface area contributed by atoms with Crippen LogP contribution in [-0.4, -0.2) is 29.9 Å². The maximum Gasteiger partial charge on any atom is 0.231 e. The minimum absolute atomic E-state index is 0.282. The second-order valence-electron chi connectivity index (χ2n) is 6.05. The van der Waals surface area contributed by atoms with E-state index in [9.17, 15) is 0 Å². The maximum atomic E-state index is 6.29. The molecule has 2 aromatic rings. The highest BCUT2D eigenvalue weighted by Gasteiger charge is 2.18. The number of piperidine rings is 1. The van der Waals surface area contributed by atoms with Gasteiger partial charge >= 0.3 is 0 Å². The Kier molecular flexibility index (Phi) is 3.98. The third kappa shape index (κ3) is 2.89. The van der Waals surface area contributed by atoms with Crippen LogP contribution in [0, 0.1) is 0 Å². The number of nitrogen functional groups attached to an aromatic ring is 1. The molecule has 1 aromatic carbocycles. The summed E-state index contributed by atoms with van der Waals surface area (Å²) < 4.78 is 10.7. The van der Waals surface area contributed by atoms with Crippen molar-refractivity contribution in [3.63, 3.8) is 0 Å². The maximum absolute atomic E-state index is 6.29. The summed E-state index contributed by atoms with van der Waals surface area (Å²) in [6.07, 6.45) is 5.21. The van der Waals surface area contributed by atoms with Crippen molar-refractivity contribution in [1.82, 2.24) is 9.97 Å². The summed E-state index contributed by atoms with van der Waals surface area (Å²) in [4.78, 5) is 10.9. The number of nitrogens with zero attached hydrogens (tertiary/aromatic N) is 3. The summed E-state index contributed by atoms with van der Waals surface area (Å²) in [7, 11) is 0. The van der Waals surface area contributed by atoms with Crippen molar-refractivity contribution in [2.45, 2.75) is 25.8 Å². The Bertz CT molecular complexity index is 731. The highest BCUT2D eigenvalue weighted by atomic mass is 16.7. The molecule has 1 fully saturated rings. The highest BCUT2D eigenvalue weighted by molar-refractivity contribution is 5.75. The Hall–Kier alpha value is -2.70. The van der Waals surface area contributed by atoms with E-state index in [1.165, 1.54) is 19.3 Å². The molecule has 126 valence electrons. The van der Waals surface area contributed by atoms with Gasteiger partial charge in [0.2, 0.25) is 6.79 Å². The van der Waals surface area contributed by atoms with E-state index in [0.717, 1.165) is 36.0 Å². The predicted molar refractivity (Wildman–Crippen MR) is 92.4 cm³/mol. The van der Waals surface area contributed by atoms with E-state index in [-0.39, 0.29) is 6.79 Å². The number of aromatic nitrogens is 2. The molecule has 3 N–H and O–H groups in total. The average molecular weight is 327 g/mol. The fourth-order valence-corrected chi connectivity index (χ4v) is 3.12. The van der Waals surface area contributed by atoms with Gasteiger partial charge in [-0.2, -0.15) is 0 Å². The second-order valence-corrected chi connectivity index (χ2v) is 6.05. The first-order valence-electron chi connectivity index (χ1n) is 8.29. The summed E-state index contributed by atoms with van der Waals surface area (Å²) in [5, 5.41) is 3.30. The first-order chi connectivity index (χ1) is 11.8. The van der Waals surface area contributed by atoms with Crippen LogP contribution in [0.2, 0.25) is 0 Å². The molecule has 3 heterocycles. The van der Waals surface area contributed by atoms with Crippen LogP contribution in [0.1, 0.15) is 24.8 Å². The largest absolute Gasteiger partial charge is 0.454 e. The molecule has 1 aromatic heterocycles. The fraction of sp³-hybridized carbons (Fsp3) is 0.412. The molecule has 7 nitrogen and oxygen atoms in total. The average Bonchev–Trinajstić information content (AvgIpc) is 3.09. The van der Waals surface area contributed by atoms with Crippen molar-refractivity contribution in [3.05, 3.63) is 30.1 Å². The van der Waals surface area contributed by atoms with E-state index in [1.807, 2.05) is 18.2 Å². The Morgan fingerprint density at radius 2 is 1.92 bits per heavy atom. The lowest BCUT2D eigenvalue weighted by Gasteiger charge is -2.28. The molecule has 4 rings (SSSR count). The number of anilines is 3. The van der Waals surface area contributed by atoms with Crippen molar-refractivity contribution in [3.8, 4) is 11.5 Å². The van der Waals surface area contributed by atoms with Gasteiger partial charge in [0.05, 0.1) is 0 Å². The van der Waals surface area contributed by atoms with Gasteiger partial charge in [-0.3, -0.25) is 0 Å². The smallest absolute Gasteiger partial charge is 0.231 e. The monoisotopic (exact) mass is 327 g/mol. The number of nitrogens with two attached hydrogens (primary N) is 1. The van der Waals surface area contributed by atoms with Gasteiger partial charge in [0, 0.05) is 19.6 Å². The number of fused-ring (bicyclic) bond motifs is 1. The first-order valence-corrected chi connectivity index (χ1v) is 8.29. The van der Waals surface area contributed by atoms with E-state index in [4.69, 9.17) is 15.2 Å². The van der Waals surface area contributed by atoms with E-state index < -0.39 is 0 Å². The Labute approximate surface area is 140 Å². The fourth-order valence-electron chi connectivity index (χ4n) is 3.12. The number of ether oxygens (including phenoxy) is 2. The molecule has 7 heteroatoms. The Balaban J connectivity index is 1.48. The van der Waals surface area contributed by atoms with Gasteiger partial charge in [0.1, 0.15) is 12.0 Å². The summed E-state index contributed by atoms with van der Waals surface area (Å²) in [5.74, 6) is 3.06. The van der Waals surface area contributed by atoms with Gasteiger partial charge in [-0.15, -0.1) is 0 Å². The third-order valence-corrected chi connectivity index (χ3v) is 4.42. The molecule has 24 heavy (non-hydrogen) atoms. The second kappa shape index (κ2) is 6.43. The van der Waals surface area contributed by atoms with Crippen molar-refractivity contribution < 1.29 is 9.47 Å². The van der Waals surface area contributed by atoms with Crippen molar-refractivity contribution in [2.75, 3.05) is 35.8 Å². The SMILES string of the molecule is Nc1c(NCc2ccc3c(c2)OCO3)ncnc1N1CCCCC1. The zero-order valence-corrected chi connectivity index (χ0v) is 13.5. The molecular formula is C17H21N5O2. The van der Waals surface area contributed by atoms with Gasteiger partial charge < -0.3 is 25.4 Å². The molecule has 1 saturated heterocycles. The Morgan fingerprint density at radius 3 is 2.79 bits per heavy atom. The molecule has 0 aliphatic carbocycles. The van der Waals surface area contributed by atoms with Crippen LogP contribution < -0.4 is 25.4 Å². The van der Waals surface area contributed by atoms with Gasteiger partial charge in [-0.1, -0.05) is 6.07 Å². The van der Waals surface area contributed by atoms with E-state index >= 15 is 0 Å². The predicted octanol–water partition coefficient (Wildman–Crippen LogP) is 2.39. The lowest BCUT2D eigenvalue weighted by Crippen LogP contribution is -2.31. The molecule has 0 bridgehead atoms. The van der Waals surface area contributed by atoms with Crippen molar-refractivity contribution in [2.24, 2.45) is 0 Å². The molecular weight excluding hydrogens is 306 g/mol. The van der Waals surface area contributed by atoms with E-state index in [1.54, 1.807) is 6.33 Å². The lowest BCUT2D eigenvalue weighted by atomic mass is 10.1. The zero-order valence-electron chi connectivity index (χ0n) is 13.5. The number of hydrogen-bond donors (Lipinski definition) is 2. The molecule has 2 aliphatic heterocycles. The van der Waals surface area contributed by atoms with E-state index in [0.29, 0.717) is 18.1 Å². The summed E-state index contributed by atoms with van der Waals surface area (Å²) >= 11 is 0. The normalized spacial score (nSPS) is 16.2. The highest BCUT2D eigenvalue weighted by Crippen LogP contribution is 2.33. The van der Waals surface area contributed by atoms with Crippen LogP contribution in [-0.2, 0) is 6.54 Å². The quantitative estimate of drug-likeness (QED) is 0.891. The van der Waals surface area contributed by atoms with Gasteiger partial charge in [-0.05, 0) is 37.0 Å².